The van der Waals surface area contributed by atoms with Crippen molar-refractivity contribution in [1.29, 1.82) is 0 Å². The molecule has 0 atom stereocenters. The van der Waals surface area contributed by atoms with Crippen molar-refractivity contribution in [2.75, 3.05) is 20.2 Å². The summed E-state index contributed by atoms with van der Waals surface area (Å²) in [6.45, 7) is 6.46. The topological polar surface area (TPSA) is 76.5 Å². The van der Waals surface area contributed by atoms with Crippen LogP contribution in [0.2, 0.25) is 0 Å². The van der Waals surface area contributed by atoms with Gasteiger partial charge >= 0.3 is 5.97 Å². The minimum absolute atomic E-state index is 0.0147. The summed E-state index contributed by atoms with van der Waals surface area (Å²) in [5, 5.41) is 0.718. The van der Waals surface area contributed by atoms with E-state index in [2.05, 4.69) is 9.97 Å². The van der Waals surface area contributed by atoms with E-state index in [1.54, 1.807) is 11.3 Å². The summed E-state index contributed by atoms with van der Waals surface area (Å²) in [6.07, 6.45) is 1.65. The molecule has 0 saturated carbocycles. The zero-order chi connectivity index (χ0) is 16.6. The lowest BCUT2D eigenvalue weighted by Gasteiger charge is -2.27. The molecule has 0 unspecified atom stereocenters. The molecular formula is C16H22N3O3S+. The van der Waals surface area contributed by atoms with Crippen LogP contribution in [0.15, 0.2) is 4.79 Å². The van der Waals surface area contributed by atoms with Crippen molar-refractivity contribution < 1.29 is 14.4 Å². The number of hydrogen-bond donors (Lipinski definition) is 2. The Morgan fingerprint density at radius 2 is 2.09 bits per heavy atom. The predicted octanol–water partition coefficient (Wildman–Crippen LogP) is 0.569. The third kappa shape index (κ3) is 3.16. The molecule has 1 saturated heterocycles. The van der Waals surface area contributed by atoms with Gasteiger partial charge in [0.15, 0.2) is 5.82 Å². The fourth-order valence-corrected chi connectivity index (χ4v) is 4.27. The van der Waals surface area contributed by atoms with Gasteiger partial charge in [0, 0.05) is 17.7 Å². The molecule has 7 heteroatoms. The fraction of sp³-hybridized carbons (Fsp3) is 0.562. The Hall–Kier alpha value is -1.73. The second kappa shape index (κ2) is 6.41. The molecule has 6 nitrogen and oxygen atoms in total. The molecule has 0 aromatic carbocycles. The predicted molar refractivity (Wildman–Crippen MR) is 88.9 cm³/mol. The van der Waals surface area contributed by atoms with Crippen LogP contribution in [0.25, 0.3) is 10.2 Å². The number of carbonyl (C=O) groups excluding carboxylic acids is 1. The average molecular weight is 336 g/mol. The Morgan fingerprint density at radius 3 is 2.74 bits per heavy atom. The number of thiophene rings is 1. The summed E-state index contributed by atoms with van der Waals surface area (Å²) >= 11 is 1.57. The molecule has 0 bridgehead atoms. The SMILES string of the molecule is COC(=O)C1CC[NH+](Cc2nc3sc(C)c(C)c3c(=O)[nH]2)CC1. The lowest BCUT2D eigenvalue weighted by molar-refractivity contribution is -0.920. The van der Waals surface area contributed by atoms with E-state index in [0.717, 1.165) is 52.4 Å². The first-order valence-electron chi connectivity index (χ1n) is 7.90. The van der Waals surface area contributed by atoms with Gasteiger partial charge in [-0.3, -0.25) is 9.59 Å². The number of nitrogens with zero attached hydrogens (tertiary/aromatic N) is 1. The smallest absolute Gasteiger partial charge is 0.309 e. The highest BCUT2D eigenvalue weighted by Gasteiger charge is 2.28. The van der Waals surface area contributed by atoms with Crippen LogP contribution in [0.5, 0.6) is 0 Å². The van der Waals surface area contributed by atoms with Crippen molar-refractivity contribution in [3.8, 4) is 0 Å². The monoisotopic (exact) mass is 336 g/mol. The van der Waals surface area contributed by atoms with Crippen molar-refractivity contribution in [1.82, 2.24) is 9.97 Å². The lowest BCUT2D eigenvalue weighted by Crippen LogP contribution is -3.12. The van der Waals surface area contributed by atoms with Crippen LogP contribution in [0.1, 0.15) is 29.1 Å². The molecule has 0 spiro atoms. The second-order valence-corrected chi connectivity index (χ2v) is 7.40. The van der Waals surface area contributed by atoms with Gasteiger partial charge in [-0.2, -0.15) is 0 Å². The molecule has 3 heterocycles. The van der Waals surface area contributed by atoms with E-state index < -0.39 is 0 Å². The number of H-pyrrole nitrogens is 1. The number of carbonyl (C=O) groups is 1. The van der Waals surface area contributed by atoms with E-state index in [9.17, 15) is 9.59 Å². The number of rotatable bonds is 3. The molecule has 2 aromatic rings. The van der Waals surface area contributed by atoms with Crippen molar-refractivity contribution >= 4 is 27.5 Å². The van der Waals surface area contributed by atoms with Gasteiger partial charge in [-0.1, -0.05) is 0 Å². The molecule has 3 rings (SSSR count). The van der Waals surface area contributed by atoms with Gasteiger partial charge in [-0.05, 0) is 19.4 Å². The Morgan fingerprint density at radius 1 is 1.39 bits per heavy atom. The van der Waals surface area contributed by atoms with Gasteiger partial charge in [-0.15, -0.1) is 11.3 Å². The number of aryl methyl sites for hydroxylation is 2. The average Bonchev–Trinajstić information content (AvgIpc) is 2.82. The number of methoxy groups -OCH3 is 1. The van der Waals surface area contributed by atoms with Crippen LogP contribution in [-0.2, 0) is 16.1 Å². The Kier molecular flexibility index (Phi) is 4.50. The van der Waals surface area contributed by atoms with Crippen LogP contribution < -0.4 is 10.5 Å². The first-order valence-corrected chi connectivity index (χ1v) is 8.71. The van der Waals surface area contributed by atoms with E-state index in [1.807, 2.05) is 13.8 Å². The van der Waals surface area contributed by atoms with Crippen molar-refractivity contribution in [2.45, 2.75) is 33.2 Å². The molecule has 0 amide bonds. The summed E-state index contributed by atoms with van der Waals surface area (Å²) < 4.78 is 4.81. The van der Waals surface area contributed by atoms with Crippen LogP contribution in [0.4, 0.5) is 0 Å². The van der Waals surface area contributed by atoms with E-state index >= 15 is 0 Å². The Bertz CT molecular complexity index is 788. The zero-order valence-corrected chi connectivity index (χ0v) is 14.5. The molecule has 124 valence electrons. The third-order valence-corrected chi connectivity index (χ3v) is 5.83. The number of quaternary nitrogens is 1. The first-order chi connectivity index (χ1) is 11.0. The maximum Gasteiger partial charge on any atom is 0.309 e. The van der Waals surface area contributed by atoms with Gasteiger partial charge in [0.25, 0.3) is 5.56 Å². The zero-order valence-electron chi connectivity index (χ0n) is 13.7. The van der Waals surface area contributed by atoms with E-state index in [0.29, 0.717) is 6.54 Å². The third-order valence-electron chi connectivity index (χ3n) is 4.73. The highest BCUT2D eigenvalue weighted by atomic mass is 32.1. The van der Waals surface area contributed by atoms with Crippen LogP contribution in [0.3, 0.4) is 0 Å². The molecule has 1 fully saturated rings. The first kappa shape index (κ1) is 16.1. The van der Waals surface area contributed by atoms with Crippen molar-refractivity contribution in [2.24, 2.45) is 5.92 Å². The van der Waals surface area contributed by atoms with Gasteiger partial charge in [0.2, 0.25) is 0 Å². The molecule has 0 aliphatic carbocycles. The molecule has 0 radical (unpaired) electrons. The van der Waals surface area contributed by atoms with Gasteiger partial charge in [0.05, 0.1) is 31.5 Å². The summed E-state index contributed by atoms with van der Waals surface area (Å²) in [5.41, 5.74) is 0.979. The molecule has 1 aliphatic rings. The van der Waals surface area contributed by atoms with Crippen LogP contribution >= 0.6 is 11.3 Å². The summed E-state index contributed by atoms with van der Waals surface area (Å²) in [5.74, 6) is 0.637. The minimum Gasteiger partial charge on any atom is -0.469 e. The van der Waals surface area contributed by atoms with Crippen molar-refractivity contribution in [3.05, 3.63) is 26.6 Å². The molecule has 2 aromatic heterocycles. The minimum atomic E-state index is -0.110. The number of ether oxygens (including phenoxy) is 1. The quantitative estimate of drug-likeness (QED) is 0.804. The number of piperidine rings is 1. The molecule has 2 N–H and O–H groups in total. The molecule has 23 heavy (non-hydrogen) atoms. The van der Waals surface area contributed by atoms with Crippen molar-refractivity contribution in [3.63, 3.8) is 0 Å². The Balaban J connectivity index is 1.73. The number of hydrogen-bond acceptors (Lipinski definition) is 5. The van der Waals surface area contributed by atoms with Gasteiger partial charge in [0.1, 0.15) is 11.4 Å². The maximum absolute atomic E-state index is 12.3. The second-order valence-electron chi connectivity index (χ2n) is 6.20. The maximum atomic E-state index is 12.3. The Labute approximate surface area is 138 Å². The number of nitrogens with one attached hydrogen (secondary N) is 2. The number of likely N-dealkylation sites (tertiary alicyclic amines) is 1. The number of fused-ring (bicyclic) bond motifs is 1. The van der Waals surface area contributed by atoms with E-state index in [4.69, 9.17) is 4.74 Å². The van der Waals surface area contributed by atoms with Crippen LogP contribution in [0, 0.1) is 19.8 Å². The summed E-state index contributed by atoms with van der Waals surface area (Å²) in [4.78, 5) is 34.7. The summed E-state index contributed by atoms with van der Waals surface area (Å²) in [6, 6.07) is 0. The number of aromatic nitrogens is 2. The molecular weight excluding hydrogens is 314 g/mol. The molecule has 1 aliphatic heterocycles. The summed E-state index contributed by atoms with van der Waals surface area (Å²) in [7, 11) is 1.44. The highest BCUT2D eigenvalue weighted by molar-refractivity contribution is 7.18. The van der Waals surface area contributed by atoms with E-state index in [-0.39, 0.29) is 17.4 Å². The van der Waals surface area contributed by atoms with Crippen LogP contribution in [-0.4, -0.2) is 36.1 Å². The standard InChI is InChI=1S/C16H21N3O3S/c1-9-10(2)23-15-13(9)14(20)17-12(18-15)8-19-6-4-11(5-7-19)16(21)22-3/h11H,4-8H2,1-3H3,(H,17,18,20)/p+1. The largest absolute Gasteiger partial charge is 0.469 e. The van der Waals surface area contributed by atoms with E-state index in [1.165, 1.54) is 12.0 Å². The number of aromatic amines is 1. The lowest BCUT2D eigenvalue weighted by atomic mass is 9.97. The van der Waals surface area contributed by atoms with Gasteiger partial charge < -0.3 is 14.6 Å². The number of esters is 1. The normalized spacial score (nSPS) is 21.5. The highest BCUT2D eigenvalue weighted by Crippen LogP contribution is 2.25. The fourth-order valence-electron chi connectivity index (χ4n) is 3.22. The van der Waals surface area contributed by atoms with Gasteiger partial charge in [-0.25, -0.2) is 4.98 Å².